The monoisotopic (exact) mass is 330 g/mol. The van der Waals surface area contributed by atoms with Gasteiger partial charge in [0.25, 0.3) is 0 Å². The van der Waals surface area contributed by atoms with Crippen LogP contribution < -0.4 is 0 Å². The molecule has 0 heterocycles. The maximum absolute atomic E-state index is 13.1. The summed E-state index contributed by atoms with van der Waals surface area (Å²) in [6.45, 7) is 6.80. The number of ketones is 1. The summed E-state index contributed by atoms with van der Waals surface area (Å²) in [6.07, 6.45) is 8.52. The normalized spacial score (nSPS) is 30.4. The number of fused-ring (bicyclic) bond motifs is 5. The molecule has 25 heavy (non-hydrogen) atoms. The number of carbonyl (C=O) groups excluding carboxylic acids is 1. The Labute approximate surface area is 150 Å². The van der Waals surface area contributed by atoms with Crippen LogP contribution in [0.15, 0.2) is 42.5 Å². The molecule has 0 aliphatic heterocycles. The van der Waals surface area contributed by atoms with E-state index < -0.39 is 0 Å². The minimum atomic E-state index is -0.0955. The molecule has 0 amide bonds. The van der Waals surface area contributed by atoms with Gasteiger partial charge in [-0.05, 0) is 64.0 Å². The molecule has 128 valence electrons. The Morgan fingerprint density at radius 3 is 2.48 bits per heavy atom. The van der Waals surface area contributed by atoms with Gasteiger partial charge in [0.15, 0.2) is 0 Å². The van der Waals surface area contributed by atoms with Crippen LogP contribution in [0.1, 0.15) is 50.3 Å². The van der Waals surface area contributed by atoms with Gasteiger partial charge in [0.1, 0.15) is 5.78 Å². The van der Waals surface area contributed by atoms with E-state index in [0.29, 0.717) is 24.0 Å². The second kappa shape index (κ2) is 4.84. The summed E-state index contributed by atoms with van der Waals surface area (Å²) in [7, 11) is 0. The molecule has 0 aromatic heterocycles. The van der Waals surface area contributed by atoms with Crippen molar-refractivity contribution in [1.82, 2.24) is 0 Å². The molecule has 1 saturated carbocycles. The Bertz CT molecular complexity index is 927. The number of Topliss-reactive ketones (excluding diaryl/α,β-unsaturated/α-hetero) is 1. The van der Waals surface area contributed by atoms with Crippen LogP contribution in [0, 0.1) is 17.3 Å². The quantitative estimate of drug-likeness (QED) is 0.592. The predicted molar refractivity (Wildman–Crippen MR) is 103 cm³/mol. The number of benzene rings is 2. The maximum atomic E-state index is 13.1. The third-order valence-electron chi connectivity index (χ3n) is 6.95. The van der Waals surface area contributed by atoms with Gasteiger partial charge in [-0.15, -0.1) is 0 Å². The van der Waals surface area contributed by atoms with Crippen molar-refractivity contribution in [2.24, 2.45) is 17.3 Å². The van der Waals surface area contributed by atoms with E-state index in [4.69, 9.17) is 0 Å². The van der Waals surface area contributed by atoms with Gasteiger partial charge in [-0.1, -0.05) is 63.3 Å². The second-order valence-corrected chi connectivity index (χ2v) is 9.56. The van der Waals surface area contributed by atoms with Crippen LogP contribution in [0.5, 0.6) is 0 Å². The standard InChI is InChI=1S/C24H26O/c1-23(2,3)20-7-5-16-9-18-12-22(25)24(13-15-4-6-21(24)8-15)14-19(18)10-17(16)11-20/h4-7,9-11,15,21H,8,12-14H2,1-3H3. The molecule has 0 radical (unpaired) electrons. The molecular weight excluding hydrogens is 304 g/mol. The van der Waals surface area contributed by atoms with E-state index in [0.717, 1.165) is 12.8 Å². The van der Waals surface area contributed by atoms with E-state index in [2.05, 4.69) is 63.3 Å². The van der Waals surface area contributed by atoms with Crippen molar-refractivity contribution in [1.29, 1.82) is 0 Å². The highest BCUT2D eigenvalue weighted by Crippen LogP contribution is 2.56. The first-order chi connectivity index (χ1) is 11.8. The zero-order valence-corrected chi connectivity index (χ0v) is 15.4. The molecule has 2 bridgehead atoms. The lowest BCUT2D eigenvalue weighted by molar-refractivity contribution is -0.130. The highest BCUT2D eigenvalue weighted by molar-refractivity contribution is 5.93. The fraction of sp³-hybridized carbons (Fsp3) is 0.458. The molecule has 0 N–H and O–H groups in total. The van der Waals surface area contributed by atoms with E-state index in [9.17, 15) is 4.79 Å². The molecule has 2 aromatic rings. The Balaban J connectivity index is 1.61. The Hall–Kier alpha value is -1.89. The van der Waals surface area contributed by atoms with E-state index in [1.54, 1.807) is 0 Å². The molecule has 1 nitrogen and oxygen atoms in total. The number of hydrogen-bond donors (Lipinski definition) is 0. The van der Waals surface area contributed by atoms with Gasteiger partial charge >= 0.3 is 0 Å². The SMILES string of the molecule is CC(C)(C)c1ccc2cc3c(cc2c1)CC1(CC2C=CC1C2)C(=O)C3. The number of hydrogen-bond acceptors (Lipinski definition) is 1. The van der Waals surface area contributed by atoms with Crippen LogP contribution in [0.3, 0.4) is 0 Å². The largest absolute Gasteiger partial charge is 0.299 e. The zero-order chi connectivity index (χ0) is 17.4. The molecule has 3 unspecified atom stereocenters. The van der Waals surface area contributed by atoms with Crippen LogP contribution in [0.4, 0.5) is 0 Å². The Kier molecular flexibility index (Phi) is 2.98. The predicted octanol–water partition coefficient (Wildman–Crippen LogP) is 5.39. The summed E-state index contributed by atoms with van der Waals surface area (Å²) < 4.78 is 0. The average Bonchev–Trinajstić information content (AvgIpc) is 3.14. The van der Waals surface area contributed by atoms with Crippen molar-refractivity contribution in [2.75, 3.05) is 0 Å². The number of allylic oxidation sites excluding steroid dienone is 2. The molecular formula is C24H26O. The first-order valence-electron chi connectivity index (χ1n) is 9.63. The minimum absolute atomic E-state index is 0.0955. The summed E-state index contributed by atoms with van der Waals surface area (Å²) in [5.41, 5.74) is 4.13. The number of rotatable bonds is 0. The Morgan fingerprint density at radius 1 is 1.00 bits per heavy atom. The second-order valence-electron chi connectivity index (χ2n) is 9.56. The van der Waals surface area contributed by atoms with Crippen LogP contribution in [0.25, 0.3) is 10.8 Å². The fourth-order valence-corrected chi connectivity index (χ4v) is 5.45. The van der Waals surface area contributed by atoms with Gasteiger partial charge in [-0.3, -0.25) is 4.79 Å². The van der Waals surface area contributed by atoms with Crippen LogP contribution in [-0.4, -0.2) is 5.78 Å². The Morgan fingerprint density at radius 2 is 1.80 bits per heavy atom. The third kappa shape index (κ3) is 2.18. The average molecular weight is 330 g/mol. The molecule has 3 aliphatic rings. The van der Waals surface area contributed by atoms with Crippen LogP contribution in [-0.2, 0) is 23.1 Å². The first-order valence-corrected chi connectivity index (χ1v) is 9.63. The van der Waals surface area contributed by atoms with E-state index in [1.165, 1.54) is 33.9 Å². The number of carbonyl (C=O) groups is 1. The molecule has 2 aromatic carbocycles. The van der Waals surface area contributed by atoms with Crippen LogP contribution in [0.2, 0.25) is 0 Å². The van der Waals surface area contributed by atoms with Crippen molar-refractivity contribution in [2.45, 2.75) is 51.9 Å². The maximum Gasteiger partial charge on any atom is 0.144 e. The van der Waals surface area contributed by atoms with Gasteiger partial charge in [-0.2, -0.15) is 0 Å². The minimum Gasteiger partial charge on any atom is -0.299 e. The van der Waals surface area contributed by atoms with Crippen molar-refractivity contribution >= 4 is 16.6 Å². The molecule has 3 aliphatic carbocycles. The summed E-state index contributed by atoms with van der Waals surface area (Å²) in [6, 6.07) is 11.5. The summed E-state index contributed by atoms with van der Waals surface area (Å²) >= 11 is 0. The van der Waals surface area contributed by atoms with Crippen LogP contribution >= 0.6 is 0 Å². The van der Waals surface area contributed by atoms with Gasteiger partial charge in [0.2, 0.25) is 0 Å². The summed E-state index contributed by atoms with van der Waals surface area (Å²) in [5, 5.41) is 2.60. The van der Waals surface area contributed by atoms with Gasteiger partial charge in [0.05, 0.1) is 0 Å². The van der Waals surface area contributed by atoms with Crippen molar-refractivity contribution < 1.29 is 4.79 Å². The molecule has 1 spiro atoms. The molecule has 1 fully saturated rings. The molecule has 1 heteroatoms. The van der Waals surface area contributed by atoms with Crippen molar-refractivity contribution in [3.05, 3.63) is 59.2 Å². The fourth-order valence-electron chi connectivity index (χ4n) is 5.45. The van der Waals surface area contributed by atoms with Gasteiger partial charge in [0, 0.05) is 11.8 Å². The lowest BCUT2D eigenvalue weighted by Gasteiger charge is -2.38. The van der Waals surface area contributed by atoms with E-state index in [1.807, 2.05) is 0 Å². The zero-order valence-electron chi connectivity index (χ0n) is 15.4. The van der Waals surface area contributed by atoms with Gasteiger partial charge in [-0.25, -0.2) is 0 Å². The summed E-state index contributed by atoms with van der Waals surface area (Å²) in [5.74, 6) is 1.61. The topological polar surface area (TPSA) is 17.1 Å². The van der Waals surface area contributed by atoms with E-state index >= 15 is 0 Å². The molecule has 5 rings (SSSR count). The smallest absolute Gasteiger partial charge is 0.144 e. The lowest BCUT2D eigenvalue weighted by Crippen LogP contribution is -2.41. The molecule has 3 atom stereocenters. The summed E-state index contributed by atoms with van der Waals surface area (Å²) in [4.78, 5) is 13.1. The first kappa shape index (κ1) is 15.4. The van der Waals surface area contributed by atoms with Crippen molar-refractivity contribution in [3.63, 3.8) is 0 Å². The highest BCUT2D eigenvalue weighted by atomic mass is 16.1. The van der Waals surface area contributed by atoms with Crippen molar-refractivity contribution in [3.8, 4) is 0 Å². The van der Waals surface area contributed by atoms with Gasteiger partial charge < -0.3 is 0 Å². The van der Waals surface area contributed by atoms with E-state index in [-0.39, 0.29) is 10.8 Å². The molecule has 0 saturated heterocycles. The third-order valence-corrected chi connectivity index (χ3v) is 6.95. The lowest BCUT2D eigenvalue weighted by atomic mass is 9.63. The highest BCUT2D eigenvalue weighted by Gasteiger charge is 2.54.